The maximum atomic E-state index is 4.27. The summed E-state index contributed by atoms with van der Waals surface area (Å²) < 4.78 is 0. The predicted molar refractivity (Wildman–Crippen MR) is 49.1 cm³/mol. The van der Waals surface area contributed by atoms with Gasteiger partial charge in [0.2, 0.25) is 0 Å². The summed E-state index contributed by atoms with van der Waals surface area (Å²) in [6.45, 7) is 6.29. The summed E-state index contributed by atoms with van der Waals surface area (Å²) in [5.41, 5.74) is 0. The van der Waals surface area contributed by atoms with E-state index in [4.69, 9.17) is 0 Å². The molecular formula is C9H14N2. The first-order valence-corrected chi connectivity index (χ1v) is 3.98. The van der Waals surface area contributed by atoms with E-state index in [-0.39, 0.29) is 0 Å². The summed E-state index contributed by atoms with van der Waals surface area (Å²) in [5.74, 6) is 1.75. The van der Waals surface area contributed by atoms with Gasteiger partial charge >= 0.3 is 0 Å². The highest BCUT2D eigenvalue weighted by Crippen LogP contribution is 2.05. The SMILES string of the molecule is CC1C=CN=C(C(C)C)N=C1. The molecule has 0 fully saturated rings. The highest BCUT2D eigenvalue weighted by molar-refractivity contribution is 5.92. The van der Waals surface area contributed by atoms with Gasteiger partial charge in [-0.05, 0) is 0 Å². The second kappa shape index (κ2) is 3.46. The zero-order valence-electron chi connectivity index (χ0n) is 7.28. The Morgan fingerprint density at radius 2 is 2.18 bits per heavy atom. The molecule has 0 bridgehead atoms. The Hall–Kier alpha value is -0.920. The van der Waals surface area contributed by atoms with E-state index in [1.165, 1.54) is 0 Å². The molecule has 0 aliphatic carbocycles. The molecule has 0 N–H and O–H groups in total. The molecule has 0 radical (unpaired) electrons. The Labute approximate surface area is 67.8 Å². The van der Waals surface area contributed by atoms with Crippen LogP contribution in [0.15, 0.2) is 22.3 Å². The fourth-order valence-corrected chi connectivity index (χ4v) is 0.830. The van der Waals surface area contributed by atoms with Crippen molar-refractivity contribution in [3.8, 4) is 0 Å². The molecule has 1 atom stereocenters. The Kier molecular flexibility index (Phi) is 2.58. The smallest absolute Gasteiger partial charge is 0.130 e. The maximum Gasteiger partial charge on any atom is 0.130 e. The van der Waals surface area contributed by atoms with Crippen LogP contribution in [0.5, 0.6) is 0 Å². The largest absolute Gasteiger partial charge is 0.245 e. The molecule has 1 aliphatic rings. The minimum atomic E-state index is 0.412. The molecule has 0 spiro atoms. The average molecular weight is 150 g/mol. The molecule has 1 heterocycles. The fourth-order valence-electron chi connectivity index (χ4n) is 0.830. The van der Waals surface area contributed by atoms with Crippen molar-refractivity contribution in [3.05, 3.63) is 12.3 Å². The van der Waals surface area contributed by atoms with Crippen LogP contribution in [-0.2, 0) is 0 Å². The van der Waals surface area contributed by atoms with Gasteiger partial charge in [-0.2, -0.15) is 0 Å². The predicted octanol–water partition coefficient (Wildman–Crippen LogP) is 2.28. The van der Waals surface area contributed by atoms with Crippen LogP contribution in [0.3, 0.4) is 0 Å². The van der Waals surface area contributed by atoms with Crippen molar-refractivity contribution in [2.45, 2.75) is 20.8 Å². The van der Waals surface area contributed by atoms with Gasteiger partial charge in [0.15, 0.2) is 0 Å². The third-order valence-corrected chi connectivity index (χ3v) is 1.55. The van der Waals surface area contributed by atoms with Crippen molar-refractivity contribution in [1.82, 2.24) is 0 Å². The molecule has 11 heavy (non-hydrogen) atoms. The van der Waals surface area contributed by atoms with Gasteiger partial charge < -0.3 is 0 Å². The molecule has 0 saturated heterocycles. The molecule has 0 saturated carbocycles. The van der Waals surface area contributed by atoms with Gasteiger partial charge in [0.25, 0.3) is 0 Å². The first-order valence-electron chi connectivity index (χ1n) is 3.98. The van der Waals surface area contributed by atoms with Crippen LogP contribution in [0.25, 0.3) is 0 Å². The molecule has 0 aromatic heterocycles. The lowest BCUT2D eigenvalue weighted by Crippen LogP contribution is -2.03. The van der Waals surface area contributed by atoms with E-state index >= 15 is 0 Å². The molecule has 1 rings (SSSR count). The fraction of sp³-hybridized carbons (Fsp3) is 0.556. The number of allylic oxidation sites excluding steroid dienone is 1. The van der Waals surface area contributed by atoms with Crippen LogP contribution in [-0.4, -0.2) is 12.1 Å². The first-order chi connectivity index (χ1) is 5.20. The van der Waals surface area contributed by atoms with E-state index in [1.54, 1.807) is 0 Å². The molecule has 0 aromatic carbocycles. The molecule has 2 nitrogen and oxygen atoms in total. The van der Waals surface area contributed by atoms with E-state index < -0.39 is 0 Å². The second-order valence-corrected chi connectivity index (χ2v) is 3.12. The van der Waals surface area contributed by atoms with E-state index in [0.717, 1.165) is 5.84 Å². The zero-order chi connectivity index (χ0) is 8.27. The highest BCUT2D eigenvalue weighted by Gasteiger charge is 2.03. The standard InChI is InChI=1S/C9H14N2/c1-7(2)9-10-5-4-8(3)6-11-9/h4-8H,1-3H3. The van der Waals surface area contributed by atoms with E-state index in [2.05, 4.69) is 30.8 Å². The second-order valence-electron chi connectivity index (χ2n) is 3.12. The molecular weight excluding hydrogens is 136 g/mol. The van der Waals surface area contributed by atoms with Crippen LogP contribution in [0.4, 0.5) is 0 Å². The third-order valence-electron chi connectivity index (χ3n) is 1.55. The minimum absolute atomic E-state index is 0.412. The van der Waals surface area contributed by atoms with Crippen molar-refractivity contribution in [2.75, 3.05) is 0 Å². The van der Waals surface area contributed by atoms with Crippen molar-refractivity contribution in [2.24, 2.45) is 21.8 Å². The van der Waals surface area contributed by atoms with E-state index in [1.807, 2.05) is 18.5 Å². The third kappa shape index (κ3) is 2.30. The van der Waals surface area contributed by atoms with Crippen LogP contribution < -0.4 is 0 Å². The number of amidine groups is 1. The summed E-state index contributed by atoms with van der Waals surface area (Å²) in [6.07, 6.45) is 5.81. The Bertz CT molecular complexity index is 212. The Morgan fingerprint density at radius 3 is 2.82 bits per heavy atom. The van der Waals surface area contributed by atoms with Crippen molar-refractivity contribution >= 4 is 12.1 Å². The molecule has 1 unspecified atom stereocenters. The van der Waals surface area contributed by atoms with Gasteiger partial charge in [-0.25, -0.2) is 9.98 Å². The minimum Gasteiger partial charge on any atom is -0.245 e. The van der Waals surface area contributed by atoms with Crippen molar-refractivity contribution in [3.63, 3.8) is 0 Å². The van der Waals surface area contributed by atoms with Gasteiger partial charge in [0.05, 0.1) is 0 Å². The number of hydrogen-bond acceptors (Lipinski definition) is 2. The van der Waals surface area contributed by atoms with Crippen molar-refractivity contribution < 1.29 is 0 Å². The lowest BCUT2D eigenvalue weighted by atomic mass is 10.2. The molecule has 0 aromatic rings. The van der Waals surface area contributed by atoms with Crippen LogP contribution in [0.2, 0.25) is 0 Å². The number of hydrogen-bond donors (Lipinski definition) is 0. The lowest BCUT2D eigenvalue weighted by molar-refractivity contribution is 0.873. The monoisotopic (exact) mass is 150 g/mol. The summed E-state index contributed by atoms with van der Waals surface area (Å²) in [7, 11) is 0. The molecule has 1 aliphatic heterocycles. The molecule has 60 valence electrons. The van der Waals surface area contributed by atoms with Crippen LogP contribution in [0, 0.1) is 11.8 Å². The summed E-state index contributed by atoms with van der Waals surface area (Å²) in [6, 6.07) is 0. The maximum absolute atomic E-state index is 4.27. The van der Waals surface area contributed by atoms with Gasteiger partial charge in [0.1, 0.15) is 5.84 Å². The van der Waals surface area contributed by atoms with Gasteiger partial charge in [-0.1, -0.05) is 26.8 Å². The van der Waals surface area contributed by atoms with Crippen LogP contribution >= 0.6 is 0 Å². The summed E-state index contributed by atoms with van der Waals surface area (Å²) in [4.78, 5) is 8.48. The highest BCUT2D eigenvalue weighted by atomic mass is 14.9. The van der Waals surface area contributed by atoms with E-state index in [9.17, 15) is 0 Å². The van der Waals surface area contributed by atoms with Gasteiger partial charge in [-0.3, -0.25) is 0 Å². The molecule has 2 heteroatoms. The summed E-state index contributed by atoms with van der Waals surface area (Å²) in [5, 5.41) is 0. The molecule has 0 amide bonds. The van der Waals surface area contributed by atoms with E-state index in [0.29, 0.717) is 11.8 Å². The lowest BCUT2D eigenvalue weighted by Gasteiger charge is -2.00. The quantitative estimate of drug-likeness (QED) is 0.548. The van der Waals surface area contributed by atoms with Gasteiger partial charge in [-0.15, -0.1) is 0 Å². The normalized spacial score (nSPS) is 23.6. The van der Waals surface area contributed by atoms with Crippen molar-refractivity contribution in [1.29, 1.82) is 0 Å². The topological polar surface area (TPSA) is 24.7 Å². The Balaban J connectivity index is 2.76. The van der Waals surface area contributed by atoms with Crippen LogP contribution in [0.1, 0.15) is 20.8 Å². The van der Waals surface area contributed by atoms with Gasteiger partial charge in [0, 0.05) is 24.3 Å². The zero-order valence-corrected chi connectivity index (χ0v) is 7.28. The Morgan fingerprint density at radius 1 is 1.45 bits per heavy atom. The number of rotatable bonds is 1. The average Bonchev–Trinajstić information content (AvgIpc) is 2.13. The first kappa shape index (κ1) is 8.18. The number of aliphatic imine (C=N–C) groups is 2. The number of nitrogens with zero attached hydrogens (tertiary/aromatic N) is 2. The summed E-state index contributed by atoms with van der Waals surface area (Å²) >= 11 is 0.